The van der Waals surface area contributed by atoms with Crippen LogP contribution in [0.5, 0.6) is 5.75 Å². The molecular formula is C25H21ClN2O4. The Hall–Kier alpha value is -3.64. The van der Waals surface area contributed by atoms with Gasteiger partial charge in [-0.1, -0.05) is 41.9 Å². The van der Waals surface area contributed by atoms with Gasteiger partial charge in [-0.3, -0.25) is 19.3 Å². The lowest BCUT2D eigenvalue weighted by atomic mass is 10.1. The van der Waals surface area contributed by atoms with Crippen LogP contribution >= 0.6 is 11.6 Å². The summed E-state index contributed by atoms with van der Waals surface area (Å²) < 4.78 is 5.39. The van der Waals surface area contributed by atoms with Crippen LogP contribution in [0.3, 0.4) is 0 Å². The van der Waals surface area contributed by atoms with Crippen molar-refractivity contribution in [2.24, 2.45) is 0 Å². The van der Waals surface area contributed by atoms with Gasteiger partial charge in [-0.15, -0.1) is 0 Å². The quantitative estimate of drug-likeness (QED) is 0.524. The predicted octanol–water partition coefficient (Wildman–Crippen LogP) is 4.42. The number of methoxy groups -OCH3 is 1. The van der Waals surface area contributed by atoms with Crippen LogP contribution in [0.1, 0.15) is 42.2 Å². The van der Waals surface area contributed by atoms with Crippen molar-refractivity contribution in [3.05, 3.63) is 99.6 Å². The summed E-state index contributed by atoms with van der Waals surface area (Å²) in [6.07, 6.45) is 0. The third-order valence-corrected chi connectivity index (χ3v) is 5.64. The van der Waals surface area contributed by atoms with Crippen LogP contribution in [0, 0.1) is 0 Å². The molecule has 0 unspecified atom stereocenters. The molecule has 32 heavy (non-hydrogen) atoms. The average molecular weight is 449 g/mol. The second-order valence-corrected chi connectivity index (χ2v) is 8.00. The molecule has 0 radical (unpaired) electrons. The third-order valence-electron chi connectivity index (χ3n) is 5.39. The first kappa shape index (κ1) is 21.6. The number of rotatable bonds is 6. The lowest BCUT2D eigenvalue weighted by Crippen LogP contribution is -2.30. The highest BCUT2D eigenvalue weighted by Gasteiger charge is 2.35. The number of carbonyl (C=O) groups excluding carboxylic acids is 3. The van der Waals surface area contributed by atoms with E-state index in [1.165, 1.54) is 12.0 Å². The molecule has 0 aliphatic carbocycles. The van der Waals surface area contributed by atoms with E-state index in [1.807, 2.05) is 12.1 Å². The first-order valence-electron chi connectivity index (χ1n) is 10.0. The lowest BCUT2D eigenvalue weighted by Gasteiger charge is -2.20. The minimum atomic E-state index is -0.339. The van der Waals surface area contributed by atoms with Gasteiger partial charge in [-0.2, -0.15) is 0 Å². The molecule has 3 aromatic carbocycles. The Morgan fingerprint density at radius 1 is 0.938 bits per heavy atom. The number of benzene rings is 3. The zero-order valence-corrected chi connectivity index (χ0v) is 18.4. The number of amides is 3. The number of fused-ring (bicyclic) bond motifs is 1. The number of halogens is 1. The van der Waals surface area contributed by atoms with E-state index < -0.39 is 0 Å². The van der Waals surface area contributed by atoms with Crippen LogP contribution in [0.15, 0.2) is 66.7 Å². The third kappa shape index (κ3) is 4.09. The molecule has 162 valence electrons. The summed E-state index contributed by atoms with van der Waals surface area (Å²) >= 11 is 5.93. The molecule has 0 saturated heterocycles. The molecule has 0 fully saturated rings. The van der Waals surface area contributed by atoms with Gasteiger partial charge >= 0.3 is 0 Å². The van der Waals surface area contributed by atoms with Crippen molar-refractivity contribution in [1.82, 2.24) is 9.80 Å². The van der Waals surface area contributed by atoms with E-state index >= 15 is 0 Å². The molecule has 7 heteroatoms. The van der Waals surface area contributed by atoms with Crippen molar-refractivity contribution >= 4 is 29.3 Å². The molecule has 0 N–H and O–H groups in total. The van der Waals surface area contributed by atoms with Crippen molar-refractivity contribution in [3.8, 4) is 5.75 Å². The van der Waals surface area contributed by atoms with Crippen LogP contribution < -0.4 is 4.74 Å². The van der Waals surface area contributed by atoms with E-state index in [2.05, 4.69) is 0 Å². The molecular weight excluding hydrogens is 428 g/mol. The second kappa shape index (κ2) is 8.85. The topological polar surface area (TPSA) is 66.9 Å². The molecule has 1 aliphatic rings. The van der Waals surface area contributed by atoms with Gasteiger partial charge in [-0.05, 0) is 47.5 Å². The van der Waals surface area contributed by atoms with Gasteiger partial charge < -0.3 is 9.64 Å². The van der Waals surface area contributed by atoms with Crippen LogP contribution in [-0.2, 0) is 13.1 Å². The van der Waals surface area contributed by atoms with Gasteiger partial charge in [0, 0.05) is 18.6 Å². The fraction of sp³-hybridized carbons (Fsp3) is 0.160. The largest absolute Gasteiger partial charge is 0.496 e. The van der Waals surface area contributed by atoms with Crippen molar-refractivity contribution in [1.29, 1.82) is 0 Å². The molecule has 1 heterocycles. The van der Waals surface area contributed by atoms with E-state index in [9.17, 15) is 14.4 Å². The van der Waals surface area contributed by atoms with E-state index in [0.29, 0.717) is 39.6 Å². The molecule has 6 nitrogen and oxygen atoms in total. The van der Waals surface area contributed by atoms with E-state index in [-0.39, 0.29) is 24.3 Å². The maximum absolute atomic E-state index is 13.2. The first-order valence-corrected chi connectivity index (χ1v) is 10.4. The van der Waals surface area contributed by atoms with Crippen LogP contribution in [-0.4, -0.2) is 41.7 Å². The average Bonchev–Trinajstić information content (AvgIpc) is 3.05. The normalized spacial score (nSPS) is 12.7. The van der Waals surface area contributed by atoms with Gasteiger partial charge in [0.1, 0.15) is 5.75 Å². The second-order valence-electron chi connectivity index (χ2n) is 7.56. The SMILES string of the molecule is COc1ccc(CN2C(=O)c3ccccc3C2=O)cc1C(=O)N(C)Cc1ccc(Cl)cc1. The highest BCUT2D eigenvalue weighted by molar-refractivity contribution is 6.30. The first-order chi connectivity index (χ1) is 15.4. The zero-order chi connectivity index (χ0) is 22.8. The number of imide groups is 1. The van der Waals surface area contributed by atoms with Crippen LogP contribution in [0.25, 0.3) is 0 Å². The summed E-state index contributed by atoms with van der Waals surface area (Å²) in [5, 5.41) is 0.630. The Kier molecular flexibility index (Phi) is 5.97. The maximum Gasteiger partial charge on any atom is 0.261 e. The molecule has 0 saturated carbocycles. The smallest absolute Gasteiger partial charge is 0.261 e. The minimum absolute atomic E-state index is 0.0670. The standard InChI is InChI=1S/C25H21ClN2O4/c1-27(14-16-7-10-18(26)11-8-16)23(29)21-13-17(9-12-22(21)32-2)15-28-24(30)19-5-3-4-6-20(19)25(28)31/h3-13H,14-15H2,1-2H3. The Balaban J connectivity index is 1.56. The van der Waals surface area contributed by atoms with Crippen LogP contribution in [0.4, 0.5) is 0 Å². The zero-order valence-electron chi connectivity index (χ0n) is 17.7. The molecule has 0 spiro atoms. The van der Waals surface area contributed by atoms with E-state index in [0.717, 1.165) is 5.56 Å². The Bertz CT molecular complexity index is 1170. The Labute approximate surface area is 191 Å². The summed E-state index contributed by atoms with van der Waals surface area (Å²) in [5.74, 6) is -0.492. The summed E-state index contributed by atoms with van der Waals surface area (Å²) in [6, 6.07) is 19.1. The van der Waals surface area contributed by atoms with Gasteiger partial charge in [0.05, 0.1) is 30.3 Å². The molecule has 4 rings (SSSR count). The van der Waals surface area contributed by atoms with Crippen molar-refractivity contribution in [2.45, 2.75) is 13.1 Å². The Morgan fingerprint density at radius 3 is 2.12 bits per heavy atom. The number of hydrogen-bond acceptors (Lipinski definition) is 4. The predicted molar refractivity (Wildman–Crippen MR) is 121 cm³/mol. The van der Waals surface area contributed by atoms with E-state index in [1.54, 1.807) is 66.5 Å². The maximum atomic E-state index is 13.2. The number of ether oxygens (including phenoxy) is 1. The summed E-state index contributed by atoms with van der Waals surface area (Å²) in [5.41, 5.74) is 2.74. The molecule has 0 aromatic heterocycles. The van der Waals surface area contributed by atoms with Gasteiger partial charge in [0.2, 0.25) is 0 Å². The minimum Gasteiger partial charge on any atom is -0.496 e. The molecule has 1 aliphatic heterocycles. The van der Waals surface area contributed by atoms with Gasteiger partial charge in [0.15, 0.2) is 0 Å². The Morgan fingerprint density at radius 2 is 1.53 bits per heavy atom. The number of nitrogens with zero attached hydrogens (tertiary/aromatic N) is 2. The lowest BCUT2D eigenvalue weighted by molar-refractivity contribution is 0.0642. The number of carbonyl (C=O) groups is 3. The molecule has 3 aromatic rings. The van der Waals surface area contributed by atoms with E-state index in [4.69, 9.17) is 16.3 Å². The number of hydrogen-bond donors (Lipinski definition) is 0. The van der Waals surface area contributed by atoms with Crippen molar-refractivity contribution < 1.29 is 19.1 Å². The summed E-state index contributed by atoms with van der Waals surface area (Å²) in [4.78, 5) is 41.3. The summed E-state index contributed by atoms with van der Waals surface area (Å²) in [6.45, 7) is 0.458. The highest BCUT2D eigenvalue weighted by atomic mass is 35.5. The van der Waals surface area contributed by atoms with Gasteiger partial charge in [-0.25, -0.2) is 0 Å². The monoisotopic (exact) mass is 448 g/mol. The van der Waals surface area contributed by atoms with Gasteiger partial charge in [0.25, 0.3) is 17.7 Å². The molecule has 3 amide bonds. The molecule has 0 bridgehead atoms. The fourth-order valence-corrected chi connectivity index (χ4v) is 3.85. The van der Waals surface area contributed by atoms with Crippen molar-refractivity contribution in [2.75, 3.05) is 14.2 Å². The molecule has 0 atom stereocenters. The fourth-order valence-electron chi connectivity index (χ4n) is 3.73. The van der Waals surface area contributed by atoms with Crippen LogP contribution in [0.2, 0.25) is 5.02 Å². The summed E-state index contributed by atoms with van der Waals surface area (Å²) in [7, 11) is 3.20. The highest BCUT2D eigenvalue weighted by Crippen LogP contribution is 2.27. The van der Waals surface area contributed by atoms with Crippen molar-refractivity contribution in [3.63, 3.8) is 0 Å².